The van der Waals surface area contributed by atoms with Gasteiger partial charge in [0.25, 0.3) is 0 Å². The fourth-order valence-electron chi connectivity index (χ4n) is 3.38. The van der Waals surface area contributed by atoms with Crippen LogP contribution in [0.15, 0.2) is 0 Å². The van der Waals surface area contributed by atoms with Crippen molar-refractivity contribution in [3.05, 3.63) is 0 Å². The van der Waals surface area contributed by atoms with Gasteiger partial charge in [0.15, 0.2) is 0 Å². The van der Waals surface area contributed by atoms with Crippen LogP contribution in [0.25, 0.3) is 0 Å². The zero-order valence-corrected chi connectivity index (χ0v) is 15.4. The van der Waals surface area contributed by atoms with Crippen LogP contribution in [0.3, 0.4) is 0 Å². The van der Waals surface area contributed by atoms with Crippen molar-refractivity contribution in [2.24, 2.45) is 10.8 Å². The van der Waals surface area contributed by atoms with Crippen LogP contribution in [0.4, 0.5) is 0 Å². The maximum atomic E-state index is 12.4. The van der Waals surface area contributed by atoms with Crippen LogP contribution in [0.2, 0.25) is 0 Å². The Bertz CT molecular complexity index is 308. The smallest absolute Gasteiger partial charge is 0.222 e. The van der Waals surface area contributed by atoms with Crippen LogP contribution >= 0.6 is 15.9 Å². The number of likely N-dealkylation sites (tertiary alicyclic amines) is 1. The molecule has 0 aromatic heterocycles. The lowest BCUT2D eigenvalue weighted by molar-refractivity contribution is -0.132. The first-order valence-corrected chi connectivity index (χ1v) is 9.34. The molecule has 0 radical (unpaired) electrons. The minimum absolute atomic E-state index is 0.271. The standard InChI is InChI=1S/C17H32BrNO/c1-5-8-17(13-18,9-6-2)14-19-12-11-16(3,4)10-7-15(19)20/h5-14H2,1-4H3. The number of amides is 1. The van der Waals surface area contributed by atoms with Gasteiger partial charge in [-0.1, -0.05) is 56.5 Å². The van der Waals surface area contributed by atoms with Crippen LogP contribution in [0.1, 0.15) is 72.6 Å². The predicted molar refractivity (Wildman–Crippen MR) is 90.3 cm³/mol. The number of alkyl halides is 1. The molecule has 0 aromatic rings. The molecule has 0 N–H and O–H groups in total. The van der Waals surface area contributed by atoms with Gasteiger partial charge >= 0.3 is 0 Å². The summed E-state index contributed by atoms with van der Waals surface area (Å²) in [6.45, 7) is 11.0. The minimum Gasteiger partial charge on any atom is -0.342 e. The molecule has 3 heteroatoms. The Morgan fingerprint density at radius 2 is 1.80 bits per heavy atom. The normalized spacial score (nSPS) is 20.1. The van der Waals surface area contributed by atoms with Crippen molar-refractivity contribution in [1.82, 2.24) is 4.90 Å². The third kappa shape index (κ3) is 5.05. The first-order valence-electron chi connectivity index (χ1n) is 8.22. The molecule has 1 heterocycles. The van der Waals surface area contributed by atoms with Gasteiger partial charge in [0.05, 0.1) is 0 Å². The van der Waals surface area contributed by atoms with Gasteiger partial charge < -0.3 is 4.90 Å². The third-order valence-electron chi connectivity index (χ3n) is 4.80. The van der Waals surface area contributed by atoms with Gasteiger partial charge in [-0.25, -0.2) is 0 Å². The molecular formula is C17H32BrNO. The van der Waals surface area contributed by atoms with E-state index in [1.807, 2.05) is 0 Å². The monoisotopic (exact) mass is 345 g/mol. The molecule has 1 aliphatic heterocycles. The largest absolute Gasteiger partial charge is 0.342 e. The lowest BCUT2D eigenvalue weighted by Gasteiger charge is -2.37. The van der Waals surface area contributed by atoms with Gasteiger partial charge in [-0.2, -0.15) is 0 Å². The molecule has 1 saturated heterocycles. The molecule has 1 fully saturated rings. The van der Waals surface area contributed by atoms with Crippen molar-refractivity contribution in [3.8, 4) is 0 Å². The summed E-state index contributed by atoms with van der Waals surface area (Å²) in [4.78, 5) is 14.6. The predicted octanol–water partition coefficient (Wildman–Crippen LogP) is 5.01. The molecule has 0 aliphatic carbocycles. The number of hydrogen-bond donors (Lipinski definition) is 0. The second kappa shape index (κ2) is 7.82. The Balaban J connectivity index is 2.78. The fraction of sp³-hybridized carbons (Fsp3) is 0.941. The van der Waals surface area contributed by atoms with E-state index in [9.17, 15) is 4.79 Å². The molecule has 0 spiro atoms. The molecule has 0 atom stereocenters. The number of nitrogens with zero attached hydrogens (tertiary/aromatic N) is 1. The molecule has 0 bridgehead atoms. The summed E-state index contributed by atoms with van der Waals surface area (Å²) in [5, 5.41) is 1.01. The third-order valence-corrected chi connectivity index (χ3v) is 5.99. The van der Waals surface area contributed by atoms with Gasteiger partial charge in [-0.05, 0) is 36.5 Å². The maximum absolute atomic E-state index is 12.4. The highest BCUT2D eigenvalue weighted by Crippen LogP contribution is 2.36. The summed E-state index contributed by atoms with van der Waals surface area (Å²) in [5.41, 5.74) is 0.588. The summed E-state index contributed by atoms with van der Waals surface area (Å²) >= 11 is 3.73. The molecule has 1 aliphatic rings. The number of hydrogen-bond acceptors (Lipinski definition) is 1. The first kappa shape index (κ1) is 18.0. The molecule has 0 aromatic carbocycles. The quantitative estimate of drug-likeness (QED) is 0.594. The molecule has 118 valence electrons. The zero-order valence-electron chi connectivity index (χ0n) is 13.8. The molecule has 2 nitrogen and oxygen atoms in total. The van der Waals surface area contributed by atoms with Crippen molar-refractivity contribution < 1.29 is 4.79 Å². The summed E-state index contributed by atoms with van der Waals surface area (Å²) in [7, 11) is 0. The van der Waals surface area contributed by atoms with E-state index in [1.54, 1.807) is 0 Å². The van der Waals surface area contributed by atoms with E-state index in [0.29, 0.717) is 11.3 Å². The molecule has 0 unspecified atom stereocenters. The van der Waals surface area contributed by atoms with E-state index in [0.717, 1.165) is 37.7 Å². The van der Waals surface area contributed by atoms with Crippen LogP contribution in [0.5, 0.6) is 0 Å². The van der Waals surface area contributed by atoms with Crippen molar-refractivity contribution in [2.45, 2.75) is 72.6 Å². The number of carbonyl (C=O) groups is 1. The molecule has 20 heavy (non-hydrogen) atoms. The Hall–Kier alpha value is -0.0500. The van der Waals surface area contributed by atoms with E-state index in [2.05, 4.69) is 48.5 Å². The summed E-state index contributed by atoms with van der Waals surface area (Å²) < 4.78 is 0. The van der Waals surface area contributed by atoms with Gasteiger partial charge in [0, 0.05) is 24.8 Å². The maximum Gasteiger partial charge on any atom is 0.222 e. The van der Waals surface area contributed by atoms with Gasteiger partial charge in [-0.15, -0.1) is 0 Å². The lowest BCUT2D eigenvalue weighted by atomic mass is 9.80. The number of carbonyl (C=O) groups excluding carboxylic acids is 1. The summed E-state index contributed by atoms with van der Waals surface area (Å²) in [6.07, 6.45) is 7.70. The van der Waals surface area contributed by atoms with E-state index in [4.69, 9.17) is 0 Å². The topological polar surface area (TPSA) is 20.3 Å². The average Bonchev–Trinajstić information content (AvgIpc) is 2.52. The second-order valence-corrected chi connectivity index (χ2v) is 7.92. The summed E-state index contributed by atoms with van der Waals surface area (Å²) in [5.74, 6) is 0.369. The molecule has 1 amide bonds. The van der Waals surface area contributed by atoms with Gasteiger partial charge in [-0.3, -0.25) is 4.79 Å². The van der Waals surface area contributed by atoms with Crippen LogP contribution in [-0.4, -0.2) is 29.2 Å². The highest BCUT2D eigenvalue weighted by molar-refractivity contribution is 9.09. The van der Waals surface area contributed by atoms with Crippen LogP contribution in [0, 0.1) is 10.8 Å². The first-order chi connectivity index (χ1) is 9.38. The highest BCUT2D eigenvalue weighted by Gasteiger charge is 2.34. The Labute approximate surface area is 133 Å². The number of rotatable bonds is 7. The van der Waals surface area contributed by atoms with Crippen LogP contribution < -0.4 is 0 Å². The van der Waals surface area contributed by atoms with E-state index in [-0.39, 0.29) is 5.41 Å². The average molecular weight is 346 g/mol. The number of halogens is 1. The Morgan fingerprint density at radius 1 is 1.20 bits per heavy atom. The molecular weight excluding hydrogens is 314 g/mol. The SMILES string of the molecule is CCCC(CBr)(CCC)CN1CCC(C)(C)CCC1=O. The molecule has 1 rings (SSSR count). The van der Waals surface area contributed by atoms with E-state index < -0.39 is 0 Å². The van der Waals surface area contributed by atoms with Crippen molar-refractivity contribution >= 4 is 21.8 Å². The van der Waals surface area contributed by atoms with Gasteiger partial charge in [0.2, 0.25) is 5.91 Å². The lowest BCUT2D eigenvalue weighted by Crippen LogP contribution is -2.42. The summed E-state index contributed by atoms with van der Waals surface area (Å²) in [6, 6.07) is 0. The zero-order chi connectivity index (χ0) is 15.2. The minimum atomic E-state index is 0.271. The van der Waals surface area contributed by atoms with Crippen LogP contribution in [-0.2, 0) is 4.79 Å². The van der Waals surface area contributed by atoms with Gasteiger partial charge in [0.1, 0.15) is 0 Å². The van der Waals surface area contributed by atoms with E-state index >= 15 is 0 Å². The Kier molecular flexibility index (Phi) is 7.03. The fourth-order valence-corrected chi connectivity index (χ4v) is 4.12. The van der Waals surface area contributed by atoms with Crippen molar-refractivity contribution in [3.63, 3.8) is 0 Å². The highest BCUT2D eigenvalue weighted by atomic mass is 79.9. The Morgan fingerprint density at radius 3 is 2.30 bits per heavy atom. The van der Waals surface area contributed by atoms with E-state index in [1.165, 1.54) is 25.7 Å². The van der Waals surface area contributed by atoms with Crippen molar-refractivity contribution in [1.29, 1.82) is 0 Å². The molecule has 0 saturated carbocycles. The van der Waals surface area contributed by atoms with Crippen molar-refractivity contribution in [2.75, 3.05) is 18.4 Å². The second-order valence-electron chi connectivity index (χ2n) is 7.36.